The number of fused-ring (bicyclic) bond motifs is 4. The quantitative estimate of drug-likeness (QED) is 0.915. The molecule has 5 rings (SSSR count). The first-order chi connectivity index (χ1) is 12.3. The van der Waals surface area contributed by atoms with Crippen LogP contribution >= 0.6 is 0 Å². The number of H-pyrrole nitrogens is 1. The van der Waals surface area contributed by atoms with E-state index in [2.05, 4.69) is 34.1 Å². The first-order valence-corrected chi connectivity index (χ1v) is 9.70. The number of aromatic nitrogens is 2. The van der Waals surface area contributed by atoms with Crippen LogP contribution in [0.25, 0.3) is 11.3 Å². The number of aromatic amines is 1. The van der Waals surface area contributed by atoms with Gasteiger partial charge in [-0.2, -0.15) is 0 Å². The van der Waals surface area contributed by atoms with E-state index >= 15 is 0 Å². The highest BCUT2D eigenvalue weighted by Gasteiger charge is 2.43. The van der Waals surface area contributed by atoms with Gasteiger partial charge in [-0.25, -0.2) is 4.98 Å². The summed E-state index contributed by atoms with van der Waals surface area (Å²) in [5.74, 6) is 0.829. The number of rotatable bonds is 2. The average molecular weight is 335 g/mol. The van der Waals surface area contributed by atoms with E-state index in [0.717, 1.165) is 56.0 Å². The third-order valence-electron chi connectivity index (χ3n) is 6.43. The maximum absolute atomic E-state index is 13.1. The number of benzene rings is 1. The first-order valence-electron chi connectivity index (χ1n) is 9.70. The first kappa shape index (κ1) is 15.3. The minimum atomic E-state index is 0.0104. The van der Waals surface area contributed by atoms with Crippen molar-refractivity contribution in [1.82, 2.24) is 14.9 Å². The second kappa shape index (κ2) is 5.80. The molecule has 0 bridgehead atoms. The van der Waals surface area contributed by atoms with Crippen LogP contribution < -0.4 is 5.56 Å². The van der Waals surface area contributed by atoms with Crippen molar-refractivity contribution in [2.75, 3.05) is 13.1 Å². The lowest BCUT2D eigenvalue weighted by molar-refractivity contribution is 0.321. The lowest BCUT2D eigenvalue weighted by atomic mass is 9.68. The summed E-state index contributed by atoms with van der Waals surface area (Å²) in [7, 11) is 0. The number of likely N-dealkylation sites (tertiary alicyclic amines) is 1. The van der Waals surface area contributed by atoms with Crippen molar-refractivity contribution in [1.29, 1.82) is 0 Å². The summed E-state index contributed by atoms with van der Waals surface area (Å²) < 4.78 is 0. The third-order valence-corrected chi connectivity index (χ3v) is 6.43. The summed E-state index contributed by atoms with van der Waals surface area (Å²) in [6, 6.07) is 8.55. The number of hydrogen-bond acceptors (Lipinski definition) is 3. The van der Waals surface area contributed by atoms with E-state index in [-0.39, 0.29) is 11.0 Å². The summed E-state index contributed by atoms with van der Waals surface area (Å²) >= 11 is 0. The molecule has 1 spiro atoms. The molecule has 2 heterocycles. The number of nitrogens with zero attached hydrogens (tertiary/aromatic N) is 2. The van der Waals surface area contributed by atoms with Gasteiger partial charge >= 0.3 is 0 Å². The van der Waals surface area contributed by atoms with Crippen LogP contribution in [0.1, 0.15) is 55.5 Å². The Bertz CT molecular complexity index is 858. The highest BCUT2D eigenvalue weighted by Crippen LogP contribution is 2.49. The maximum atomic E-state index is 13.1. The molecule has 0 amide bonds. The van der Waals surface area contributed by atoms with E-state index in [1.807, 2.05) is 0 Å². The Hall–Kier alpha value is -1.94. The molecule has 130 valence electrons. The summed E-state index contributed by atoms with van der Waals surface area (Å²) in [6.07, 6.45) is 8.16. The van der Waals surface area contributed by atoms with Gasteiger partial charge in [0.05, 0.1) is 17.8 Å². The van der Waals surface area contributed by atoms with Crippen molar-refractivity contribution < 1.29 is 0 Å². The molecule has 0 unspecified atom stereocenters. The fourth-order valence-electron chi connectivity index (χ4n) is 5.27. The van der Waals surface area contributed by atoms with Gasteiger partial charge in [-0.15, -0.1) is 0 Å². The fraction of sp³-hybridized carbons (Fsp3) is 0.524. The lowest BCUT2D eigenvalue weighted by Gasteiger charge is -2.35. The van der Waals surface area contributed by atoms with E-state index in [0.29, 0.717) is 0 Å². The summed E-state index contributed by atoms with van der Waals surface area (Å²) in [5.41, 5.74) is 4.58. The van der Waals surface area contributed by atoms with Gasteiger partial charge in [0.25, 0.3) is 5.56 Å². The van der Waals surface area contributed by atoms with E-state index in [1.54, 1.807) is 0 Å². The Morgan fingerprint density at radius 2 is 1.84 bits per heavy atom. The predicted molar refractivity (Wildman–Crippen MR) is 98.7 cm³/mol. The SMILES string of the molecule is O=c1[nH]c(CN2CCCC2)nc2c1C1(CCCC1)Cc1ccccc1-2. The standard InChI is InChI=1S/C21H25N3O/c25-20-18-19(22-17(23-20)14-24-11-5-6-12-24)16-8-2-1-7-15(16)13-21(18)9-3-4-10-21/h1-2,7-8H,3-6,9-14H2,(H,22,23,25). The van der Waals surface area contributed by atoms with Crippen LogP contribution in [0.4, 0.5) is 0 Å². The second-order valence-corrected chi connectivity index (χ2v) is 8.04. The van der Waals surface area contributed by atoms with Crippen LogP contribution in [0.15, 0.2) is 29.1 Å². The summed E-state index contributed by atoms with van der Waals surface area (Å²) in [4.78, 5) is 23.6. The van der Waals surface area contributed by atoms with Crippen LogP contribution in [0, 0.1) is 0 Å². The number of hydrogen-bond donors (Lipinski definition) is 1. The molecule has 1 N–H and O–H groups in total. The molecule has 0 radical (unpaired) electrons. The van der Waals surface area contributed by atoms with Crippen molar-refractivity contribution in [3.8, 4) is 11.3 Å². The highest BCUT2D eigenvalue weighted by atomic mass is 16.1. The van der Waals surface area contributed by atoms with Crippen LogP contribution in [0.2, 0.25) is 0 Å². The lowest BCUT2D eigenvalue weighted by Crippen LogP contribution is -2.38. The van der Waals surface area contributed by atoms with Crippen molar-refractivity contribution in [2.45, 2.75) is 56.9 Å². The molecule has 1 saturated heterocycles. The average Bonchev–Trinajstić information content (AvgIpc) is 3.27. The van der Waals surface area contributed by atoms with Gasteiger partial charge in [0, 0.05) is 11.0 Å². The van der Waals surface area contributed by atoms with Crippen molar-refractivity contribution in [2.24, 2.45) is 0 Å². The summed E-state index contributed by atoms with van der Waals surface area (Å²) in [5, 5.41) is 0. The van der Waals surface area contributed by atoms with Gasteiger partial charge in [-0.05, 0) is 50.8 Å². The molecular formula is C21H25N3O. The Morgan fingerprint density at radius 1 is 1.08 bits per heavy atom. The second-order valence-electron chi connectivity index (χ2n) is 8.04. The van der Waals surface area contributed by atoms with Gasteiger partial charge in [0.15, 0.2) is 0 Å². The van der Waals surface area contributed by atoms with Crippen molar-refractivity contribution in [3.63, 3.8) is 0 Å². The zero-order chi connectivity index (χ0) is 16.9. The molecule has 2 aromatic rings. The minimum absolute atomic E-state index is 0.0104. The summed E-state index contributed by atoms with van der Waals surface area (Å²) in [6.45, 7) is 2.99. The molecule has 0 atom stereocenters. The molecule has 1 saturated carbocycles. The van der Waals surface area contributed by atoms with Crippen LogP contribution in [0.3, 0.4) is 0 Å². The van der Waals surface area contributed by atoms with Gasteiger partial charge in [0.2, 0.25) is 0 Å². The van der Waals surface area contributed by atoms with Crippen molar-refractivity contribution >= 4 is 0 Å². The molecule has 4 heteroatoms. The minimum Gasteiger partial charge on any atom is -0.309 e. The molecule has 1 aromatic carbocycles. The van der Waals surface area contributed by atoms with E-state index in [4.69, 9.17) is 4.98 Å². The molecule has 2 fully saturated rings. The Morgan fingerprint density at radius 3 is 2.64 bits per heavy atom. The monoisotopic (exact) mass is 335 g/mol. The van der Waals surface area contributed by atoms with Crippen LogP contribution in [0.5, 0.6) is 0 Å². The topological polar surface area (TPSA) is 49.0 Å². The molecular weight excluding hydrogens is 310 g/mol. The number of nitrogens with one attached hydrogen (secondary N) is 1. The molecule has 4 nitrogen and oxygen atoms in total. The van der Waals surface area contributed by atoms with Gasteiger partial charge < -0.3 is 4.98 Å². The normalized spacial score (nSPS) is 21.4. The van der Waals surface area contributed by atoms with Crippen LogP contribution in [-0.4, -0.2) is 28.0 Å². The Labute approximate surface area is 148 Å². The Kier molecular flexibility index (Phi) is 3.56. The Balaban J connectivity index is 1.66. The highest BCUT2D eigenvalue weighted by molar-refractivity contribution is 5.71. The molecule has 2 aliphatic carbocycles. The van der Waals surface area contributed by atoms with E-state index in [9.17, 15) is 4.79 Å². The van der Waals surface area contributed by atoms with Gasteiger partial charge in [-0.3, -0.25) is 9.69 Å². The van der Waals surface area contributed by atoms with Gasteiger partial charge in [0.1, 0.15) is 5.82 Å². The molecule has 1 aliphatic heterocycles. The molecule has 25 heavy (non-hydrogen) atoms. The zero-order valence-electron chi connectivity index (χ0n) is 14.7. The van der Waals surface area contributed by atoms with Crippen LogP contribution in [-0.2, 0) is 18.4 Å². The van der Waals surface area contributed by atoms with Crippen molar-refractivity contribution in [3.05, 3.63) is 51.6 Å². The maximum Gasteiger partial charge on any atom is 0.255 e. The van der Waals surface area contributed by atoms with E-state index in [1.165, 1.54) is 36.8 Å². The fourth-order valence-corrected chi connectivity index (χ4v) is 5.27. The largest absolute Gasteiger partial charge is 0.309 e. The van der Waals surface area contributed by atoms with Gasteiger partial charge in [-0.1, -0.05) is 37.1 Å². The predicted octanol–water partition coefficient (Wildman–Crippen LogP) is 3.40. The zero-order valence-corrected chi connectivity index (χ0v) is 14.7. The smallest absolute Gasteiger partial charge is 0.255 e. The third kappa shape index (κ3) is 2.46. The van der Waals surface area contributed by atoms with E-state index < -0.39 is 0 Å². The molecule has 1 aromatic heterocycles. The molecule has 3 aliphatic rings.